The first-order valence-corrected chi connectivity index (χ1v) is 15.1. The van der Waals surface area contributed by atoms with Crippen molar-refractivity contribution in [1.82, 2.24) is 0 Å². The minimum absolute atomic E-state index is 0.0101. The van der Waals surface area contributed by atoms with Crippen molar-refractivity contribution in [1.29, 1.82) is 0 Å². The molecule has 2 unspecified atom stereocenters. The van der Waals surface area contributed by atoms with Crippen molar-refractivity contribution in [2.24, 2.45) is 5.92 Å². The summed E-state index contributed by atoms with van der Waals surface area (Å²) >= 11 is 0. The second-order valence-electron chi connectivity index (χ2n) is 8.63. The second kappa shape index (κ2) is 11.0. The molecule has 0 spiro atoms. The molecule has 2 aromatic carbocycles. The molecule has 0 aliphatic heterocycles. The topological polar surface area (TPSA) is 61.8 Å². The largest absolute Gasteiger partial charge is 0.497 e. The Kier molecular flexibility index (Phi) is 8.89. The summed E-state index contributed by atoms with van der Waals surface area (Å²) in [5.74, 6) is 3.77. The van der Waals surface area contributed by atoms with Crippen LogP contribution in [0.4, 0.5) is 0 Å². The van der Waals surface area contributed by atoms with Gasteiger partial charge in [0, 0.05) is 5.92 Å². The summed E-state index contributed by atoms with van der Waals surface area (Å²) in [5.41, 5.74) is 5.31. The highest BCUT2D eigenvalue weighted by Gasteiger charge is 2.22. The second-order valence-corrected chi connectivity index (χ2v) is 15.0. The lowest BCUT2D eigenvalue weighted by atomic mass is 10.1. The Bertz CT molecular complexity index is 997. The Morgan fingerprint density at radius 1 is 1.00 bits per heavy atom. The van der Waals surface area contributed by atoms with Gasteiger partial charge in [0.2, 0.25) is 0 Å². The molecule has 0 amide bonds. The molecule has 5 nitrogen and oxygen atoms in total. The molecule has 31 heavy (non-hydrogen) atoms. The zero-order valence-electron chi connectivity index (χ0n) is 19.1. The van der Waals surface area contributed by atoms with Gasteiger partial charge in [-0.15, -0.1) is 5.54 Å². The van der Waals surface area contributed by atoms with E-state index in [-0.39, 0.29) is 17.4 Å². The third-order valence-electron chi connectivity index (χ3n) is 4.49. The summed E-state index contributed by atoms with van der Waals surface area (Å²) in [5, 5.41) is 0. The van der Waals surface area contributed by atoms with E-state index in [4.69, 9.17) is 13.7 Å². The van der Waals surface area contributed by atoms with Gasteiger partial charge in [-0.25, -0.2) is 0 Å². The molecule has 0 bridgehead atoms. The van der Waals surface area contributed by atoms with Crippen molar-refractivity contribution in [2.45, 2.75) is 51.1 Å². The normalized spacial score (nSPS) is 13.7. The van der Waals surface area contributed by atoms with Crippen molar-refractivity contribution in [3.63, 3.8) is 0 Å². The number of ether oxygens (including phenoxy) is 2. The smallest absolute Gasteiger partial charge is 0.296 e. The maximum absolute atomic E-state index is 12.5. The van der Waals surface area contributed by atoms with Crippen molar-refractivity contribution >= 4 is 18.2 Å². The summed E-state index contributed by atoms with van der Waals surface area (Å²) in [6, 6.07) is 14.2. The Balaban J connectivity index is 2.08. The Hall–Kier alpha value is -2.11. The Morgan fingerprint density at radius 2 is 1.61 bits per heavy atom. The van der Waals surface area contributed by atoms with E-state index in [1.807, 2.05) is 38.1 Å². The van der Waals surface area contributed by atoms with E-state index >= 15 is 0 Å². The molecular formula is C24H32O5SSi. The maximum atomic E-state index is 12.5. The van der Waals surface area contributed by atoms with E-state index in [0.717, 1.165) is 16.9 Å². The van der Waals surface area contributed by atoms with Crippen LogP contribution in [0.1, 0.15) is 18.1 Å². The van der Waals surface area contributed by atoms with Gasteiger partial charge in [-0.05, 0) is 36.8 Å². The summed E-state index contributed by atoms with van der Waals surface area (Å²) < 4.78 is 41.6. The molecule has 2 aromatic rings. The zero-order valence-corrected chi connectivity index (χ0v) is 21.0. The zero-order chi connectivity index (χ0) is 23.1. The van der Waals surface area contributed by atoms with Crippen LogP contribution in [0.5, 0.6) is 5.75 Å². The molecule has 0 N–H and O–H groups in total. The first kappa shape index (κ1) is 25.2. The monoisotopic (exact) mass is 460 g/mol. The van der Waals surface area contributed by atoms with Gasteiger partial charge in [0.25, 0.3) is 10.1 Å². The predicted octanol–water partition coefficient (Wildman–Crippen LogP) is 4.81. The highest BCUT2D eigenvalue weighted by atomic mass is 32.2. The lowest BCUT2D eigenvalue weighted by molar-refractivity contribution is 0.0301. The molecule has 168 valence electrons. The number of rotatable bonds is 9. The predicted molar refractivity (Wildman–Crippen MR) is 126 cm³/mol. The van der Waals surface area contributed by atoms with Gasteiger partial charge in [-0.3, -0.25) is 4.18 Å². The fourth-order valence-corrected chi connectivity index (χ4v) is 4.18. The quantitative estimate of drug-likeness (QED) is 0.305. The summed E-state index contributed by atoms with van der Waals surface area (Å²) in [6.45, 7) is 10.6. The van der Waals surface area contributed by atoms with E-state index in [1.54, 1.807) is 31.4 Å². The van der Waals surface area contributed by atoms with Crippen LogP contribution in [-0.2, 0) is 25.6 Å². The van der Waals surface area contributed by atoms with Crippen LogP contribution in [0, 0.1) is 24.3 Å². The van der Waals surface area contributed by atoms with Gasteiger partial charge in [0.15, 0.2) is 0 Å². The lowest BCUT2D eigenvalue weighted by Crippen LogP contribution is -2.27. The molecule has 2 rings (SSSR count). The van der Waals surface area contributed by atoms with Gasteiger partial charge in [0.1, 0.15) is 19.9 Å². The van der Waals surface area contributed by atoms with Crippen molar-refractivity contribution < 1.29 is 22.1 Å². The first-order chi connectivity index (χ1) is 14.5. The lowest BCUT2D eigenvalue weighted by Gasteiger charge is -2.20. The molecular weight excluding hydrogens is 428 g/mol. The van der Waals surface area contributed by atoms with E-state index in [2.05, 4.69) is 31.1 Å². The molecule has 0 saturated carbocycles. The van der Waals surface area contributed by atoms with Crippen LogP contribution in [0.2, 0.25) is 19.6 Å². The standard InChI is InChI=1S/C24H32O5SSi/c1-19-7-13-23(14-8-19)30(25,26)29-17-20(2)24(15-16-31(4,5)6)28-18-21-9-11-22(27-3)12-10-21/h7-14,20,24H,17-18H2,1-6H3. The van der Waals surface area contributed by atoms with Crippen LogP contribution in [-0.4, -0.2) is 36.3 Å². The fraction of sp³-hybridized carbons (Fsp3) is 0.417. The first-order valence-electron chi connectivity index (χ1n) is 10.2. The van der Waals surface area contributed by atoms with Gasteiger partial charge >= 0.3 is 0 Å². The summed E-state index contributed by atoms with van der Waals surface area (Å²) in [6.07, 6.45) is -0.443. The van der Waals surface area contributed by atoms with Gasteiger partial charge < -0.3 is 9.47 Å². The molecule has 0 saturated heterocycles. The molecule has 0 aliphatic carbocycles. The van der Waals surface area contributed by atoms with Crippen LogP contribution < -0.4 is 4.74 Å². The van der Waals surface area contributed by atoms with E-state index in [1.165, 1.54) is 0 Å². The van der Waals surface area contributed by atoms with Crippen molar-refractivity contribution in [3.8, 4) is 17.2 Å². The van der Waals surface area contributed by atoms with Crippen molar-refractivity contribution in [2.75, 3.05) is 13.7 Å². The van der Waals surface area contributed by atoms with Crippen LogP contribution in [0.25, 0.3) is 0 Å². The molecule has 0 heterocycles. The molecule has 7 heteroatoms. The molecule has 2 atom stereocenters. The minimum atomic E-state index is -3.83. The van der Waals surface area contributed by atoms with Crippen LogP contribution in [0.15, 0.2) is 53.4 Å². The third-order valence-corrected chi connectivity index (χ3v) is 6.68. The van der Waals surface area contributed by atoms with Crippen molar-refractivity contribution in [3.05, 3.63) is 59.7 Å². The van der Waals surface area contributed by atoms with Crippen LogP contribution >= 0.6 is 0 Å². The fourth-order valence-electron chi connectivity index (χ4n) is 2.60. The van der Waals surface area contributed by atoms with Crippen LogP contribution in [0.3, 0.4) is 0 Å². The molecule has 0 radical (unpaired) electrons. The Morgan fingerprint density at radius 3 is 2.16 bits per heavy atom. The van der Waals surface area contributed by atoms with E-state index in [0.29, 0.717) is 6.61 Å². The summed E-state index contributed by atoms with van der Waals surface area (Å²) in [7, 11) is -3.83. The molecule has 0 fully saturated rings. The van der Waals surface area contributed by atoms with Gasteiger partial charge in [-0.2, -0.15) is 8.42 Å². The highest BCUT2D eigenvalue weighted by molar-refractivity contribution is 7.86. The maximum Gasteiger partial charge on any atom is 0.296 e. The van der Waals surface area contributed by atoms with Gasteiger partial charge in [0.05, 0.1) is 25.2 Å². The number of hydrogen-bond donors (Lipinski definition) is 0. The highest BCUT2D eigenvalue weighted by Crippen LogP contribution is 2.18. The van der Waals surface area contributed by atoms with Gasteiger partial charge in [-0.1, -0.05) is 62.3 Å². The summed E-state index contributed by atoms with van der Waals surface area (Å²) in [4.78, 5) is 0.147. The van der Waals surface area contributed by atoms with E-state index < -0.39 is 24.3 Å². The average molecular weight is 461 g/mol. The molecule has 0 aliphatic rings. The molecule has 0 aromatic heterocycles. The number of hydrogen-bond acceptors (Lipinski definition) is 5. The average Bonchev–Trinajstić information content (AvgIpc) is 2.72. The minimum Gasteiger partial charge on any atom is -0.497 e. The third kappa shape index (κ3) is 8.50. The van der Waals surface area contributed by atoms with E-state index in [9.17, 15) is 8.42 Å². The number of aryl methyl sites for hydroxylation is 1. The number of methoxy groups -OCH3 is 1. The SMILES string of the molecule is COc1ccc(COC(C#C[Si](C)(C)C)C(C)COS(=O)(=O)c2ccc(C)cc2)cc1. The Labute approximate surface area is 187 Å². The number of benzene rings is 2.